The summed E-state index contributed by atoms with van der Waals surface area (Å²) in [6.45, 7) is -3.86. The summed E-state index contributed by atoms with van der Waals surface area (Å²) >= 11 is 6.15. The minimum absolute atomic E-state index is 0.267. The number of carbonyl (C=O) groups is 1. The van der Waals surface area contributed by atoms with Crippen molar-refractivity contribution >= 4 is 34.9 Å². The van der Waals surface area contributed by atoms with Gasteiger partial charge in [0.25, 0.3) is 0 Å². The van der Waals surface area contributed by atoms with Crippen molar-refractivity contribution in [2.24, 2.45) is 0 Å². The number of nitrogens with one attached hydrogen (secondary N) is 1. The zero-order valence-corrected chi connectivity index (χ0v) is 16.3. The standard InChI is InChI=1S/C20H19ClNO4P/c1-25-20(23)18(14-15-8-3-2-4-9-15)22-27(21,24)26-19-13-7-11-16-10-5-6-12-17(16)19/h2-13,18H,14H2,1H3,(H,22,24)/t18-,27?/m0/s1. The van der Waals surface area contributed by atoms with E-state index < -0.39 is 18.9 Å². The second-order valence-corrected chi connectivity index (χ2v) is 8.68. The summed E-state index contributed by atoms with van der Waals surface area (Å²) < 4.78 is 23.3. The second kappa shape index (κ2) is 8.57. The Labute approximate surface area is 162 Å². The van der Waals surface area contributed by atoms with Crippen molar-refractivity contribution in [3.05, 3.63) is 78.4 Å². The van der Waals surface area contributed by atoms with Crippen LogP contribution in [0.25, 0.3) is 10.8 Å². The summed E-state index contributed by atoms with van der Waals surface area (Å²) in [4.78, 5) is 12.1. The highest BCUT2D eigenvalue weighted by Gasteiger charge is 2.31. The number of benzene rings is 3. The topological polar surface area (TPSA) is 64.6 Å². The molecule has 3 rings (SSSR count). The molecule has 3 aromatic rings. The molecule has 0 radical (unpaired) electrons. The van der Waals surface area contributed by atoms with Crippen LogP contribution in [0.5, 0.6) is 5.75 Å². The molecule has 0 amide bonds. The number of methoxy groups -OCH3 is 1. The lowest BCUT2D eigenvalue weighted by molar-refractivity contribution is -0.142. The molecule has 0 spiro atoms. The van der Waals surface area contributed by atoms with Crippen molar-refractivity contribution in [2.45, 2.75) is 12.5 Å². The maximum absolute atomic E-state index is 12.9. The molecule has 0 saturated heterocycles. The lowest BCUT2D eigenvalue weighted by Crippen LogP contribution is -2.37. The molecule has 3 aromatic carbocycles. The van der Waals surface area contributed by atoms with E-state index in [4.69, 9.17) is 20.5 Å². The van der Waals surface area contributed by atoms with Crippen LogP contribution in [-0.4, -0.2) is 19.1 Å². The summed E-state index contributed by atoms with van der Waals surface area (Å²) in [5.74, 6) is -0.191. The van der Waals surface area contributed by atoms with Crippen molar-refractivity contribution in [1.29, 1.82) is 0 Å². The molecule has 0 heterocycles. The number of rotatable bonds is 7. The van der Waals surface area contributed by atoms with Gasteiger partial charge in [0, 0.05) is 16.6 Å². The first-order chi connectivity index (χ1) is 13.0. The number of halogens is 1. The van der Waals surface area contributed by atoms with Crippen LogP contribution in [0.4, 0.5) is 0 Å². The van der Waals surface area contributed by atoms with Crippen molar-refractivity contribution in [1.82, 2.24) is 5.09 Å². The first-order valence-corrected chi connectivity index (χ1v) is 10.9. The molecule has 0 aliphatic carbocycles. The van der Waals surface area contributed by atoms with Crippen LogP contribution in [0.2, 0.25) is 0 Å². The normalized spacial score (nSPS) is 14.3. The van der Waals surface area contributed by atoms with Gasteiger partial charge in [-0.25, -0.2) is 9.65 Å². The average Bonchev–Trinajstić information content (AvgIpc) is 2.67. The average molecular weight is 404 g/mol. The Hall–Kier alpha value is -2.33. The zero-order valence-electron chi connectivity index (χ0n) is 14.7. The maximum atomic E-state index is 12.9. The van der Waals surface area contributed by atoms with E-state index in [1.165, 1.54) is 7.11 Å². The Kier molecular flexibility index (Phi) is 6.17. The third-order valence-corrected chi connectivity index (χ3v) is 5.60. The predicted octanol–water partition coefficient (Wildman–Crippen LogP) is 4.94. The smallest absolute Gasteiger partial charge is 0.409 e. The van der Waals surface area contributed by atoms with Gasteiger partial charge in [0.15, 0.2) is 0 Å². The van der Waals surface area contributed by atoms with Crippen molar-refractivity contribution in [2.75, 3.05) is 7.11 Å². The van der Waals surface area contributed by atoms with Crippen LogP contribution >= 0.6 is 18.1 Å². The van der Waals surface area contributed by atoms with E-state index in [1.54, 1.807) is 12.1 Å². The van der Waals surface area contributed by atoms with Crippen LogP contribution in [0.3, 0.4) is 0 Å². The molecule has 0 aromatic heterocycles. The highest BCUT2D eigenvalue weighted by atomic mass is 35.7. The van der Waals surface area contributed by atoms with Gasteiger partial charge < -0.3 is 9.26 Å². The molecule has 1 N–H and O–H groups in total. The molecule has 0 fully saturated rings. The molecule has 0 bridgehead atoms. The minimum Gasteiger partial charge on any atom is -0.468 e. The number of ether oxygens (including phenoxy) is 1. The Bertz CT molecular complexity index is 975. The fraction of sp³-hybridized carbons (Fsp3) is 0.150. The van der Waals surface area contributed by atoms with Crippen molar-refractivity contribution in [3.8, 4) is 5.75 Å². The van der Waals surface area contributed by atoms with E-state index in [-0.39, 0.29) is 6.42 Å². The minimum atomic E-state index is -3.86. The Balaban J connectivity index is 1.81. The number of fused-ring (bicyclic) bond motifs is 1. The van der Waals surface area contributed by atoms with Crippen molar-refractivity contribution in [3.63, 3.8) is 0 Å². The van der Waals surface area contributed by atoms with Gasteiger partial charge in [0.2, 0.25) is 0 Å². The monoisotopic (exact) mass is 403 g/mol. The summed E-state index contributed by atoms with van der Waals surface area (Å²) in [5, 5.41) is 4.34. The molecule has 140 valence electrons. The van der Waals surface area contributed by atoms with Gasteiger partial charge in [-0.3, -0.25) is 4.79 Å². The fourth-order valence-electron chi connectivity index (χ4n) is 2.79. The van der Waals surface area contributed by atoms with Crippen molar-refractivity contribution < 1.29 is 18.6 Å². The van der Waals surface area contributed by atoms with E-state index in [0.29, 0.717) is 5.75 Å². The SMILES string of the molecule is COC(=O)[C@H](Cc1ccccc1)NP(=O)(Cl)Oc1cccc2ccccc12. The Morgan fingerprint density at radius 2 is 1.70 bits per heavy atom. The molecule has 2 atom stereocenters. The largest absolute Gasteiger partial charge is 0.468 e. The lowest BCUT2D eigenvalue weighted by atomic mass is 10.1. The molecule has 0 aliphatic heterocycles. The second-order valence-electron chi connectivity index (χ2n) is 5.94. The van der Waals surface area contributed by atoms with E-state index >= 15 is 0 Å². The molecule has 27 heavy (non-hydrogen) atoms. The number of esters is 1. The van der Waals surface area contributed by atoms with E-state index in [0.717, 1.165) is 16.3 Å². The summed E-state index contributed by atoms with van der Waals surface area (Å²) in [6.07, 6.45) is 0.267. The first-order valence-electron chi connectivity index (χ1n) is 8.35. The van der Waals surface area contributed by atoms with Crippen LogP contribution < -0.4 is 9.61 Å². The Morgan fingerprint density at radius 1 is 1.04 bits per heavy atom. The van der Waals surface area contributed by atoms with E-state index in [1.807, 2.05) is 60.7 Å². The molecule has 7 heteroatoms. The lowest BCUT2D eigenvalue weighted by Gasteiger charge is -2.21. The molecule has 5 nitrogen and oxygen atoms in total. The third kappa shape index (κ3) is 5.10. The van der Waals surface area contributed by atoms with Crippen LogP contribution in [0.1, 0.15) is 5.56 Å². The van der Waals surface area contributed by atoms with Gasteiger partial charge in [-0.1, -0.05) is 66.7 Å². The highest BCUT2D eigenvalue weighted by molar-refractivity contribution is 7.84. The van der Waals surface area contributed by atoms with E-state index in [9.17, 15) is 9.36 Å². The number of hydrogen-bond donors (Lipinski definition) is 1. The van der Waals surface area contributed by atoms with Gasteiger partial charge in [-0.05, 0) is 23.4 Å². The molecule has 0 saturated carbocycles. The van der Waals surface area contributed by atoms with Gasteiger partial charge in [-0.2, -0.15) is 0 Å². The van der Waals surface area contributed by atoms with Gasteiger partial charge in [-0.15, -0.1) is 0 Å². The van der Waals surface area contributed by atoms with Crippen LogP contribution in [-0.2, 0) is 20.5 Å². The molecular formula is C20H19ClNO4P. The molecular weight excluding hydrogens is 385 g/mol. The molecule has 1 unspecified atom stereocenters. The first kappa shape index (κ1) is 19.4. The van der Waals surface area contributed by atoms with Gasteiger partial charge in [0.1, 0.15) is 11.8 Å². The highest BCUT2D eigenvalue weighted by Crippen LogP contribution is 2.50. The van der Waals surface area contributed by atoms with E-state index in [2.05, 4.69) is 5.09 Å². The summed E-state index contributed by atoms with van der Waals surface area (Å²) in [7, 11) is 1.27. The number of hydrogen-bond acceptors (Lipinski definition) is 4. The summed E-state index contributed by atoms with van der Waals surface area (Å²) in [6, 6.07) is 21.3. The molecule has 0 aliphatic rings. The maximum Gasteiger partial charge on any atom is 0.409 e. The van der Waals surface area contributed by atoms with Crippen LogP contribution in [0.15, 0.2) is 72.8 Å². The van der Waals surface area contributed by atoms with Gasteiger partial charge >= 0.3 is 12.8 Å². The third-order valence-electron chi connectivity index (χ3n) is 4.04. The zero-order chi connectivity index (χ0) is 19.3. The quantitative estimate of drug-likeness (QED) is 0.447. The van der Waals surface area contributed by atoms with Gasteiger partial charge in [0.05, 0.1) is 7.11 Å². The number of carbonyl (C=O) groups excluding carboxylic acids is 1. The predicted molar refractivity (Wildman–Crippen MR) is 107 cm³/mol. The summed E-state index contributed by atoms with van der Waals surface area (Å²) in [5.41, 5.74) is 0.877. The van der Waals surface area contributed by atoms with Crippen LogP contribution in [0, 0.1) is 0 Å². The fourth-order valence-corrected chi connectivity index (χ4v) is 4.40. The Morgan fingerprint density at radius 3 is 2.44 bits per heavy atom.